The second-order valence-electron chi connectivity index (χ2n) is 2.05. The predicted molar refractivity (Wildman–Crippen MR) is 35.0 cm³/mol. The zero-order valence-corrected chi connectivity index (χ0v) is 12.8. The van der Waals surface area contributed by atoms with Crippen LogP contribution in [0.3, 0.4) is 0 Å². The van der Waals surface area contributed by atoms with Crippen LogP contribution < -0.4 is 64.2 Å². The Balaban J connectivity index is 0. The van der Waals surface area contributed by atoms with Gasteiger partial charge in [-0.05, 0) is 18.0 Å². The van der Waals surface area contributed by atoms with Gasteiger partial charge >= 0.3 is 59.1 Å². The minimum absolute atomic E-state index is 0. The van der Waals surface area contributed by atoms with E-state index in [4.69, 9.17) is 0 Å². The number of rotatable bonds is 2. The third-order valence-corrected chi connectivity index (χ3v) is 2.02. The molecule has 5 nitrogen and oxygen atoms in total. The summed E-state index contributed by atoms with van der Waals surface area (Å²) in [7, 11) is 0. The van der Waals surface area contributed by atoms with E-state index in [1.807, 2.05) is 0 Å². The van der Waals surface area contributed by atoms with Gasteiger partial charge in [0.1, 0.15) is 11.7 Å². The molecule has 1 rings (SSSR count). The normalized spacial score (nSPS) is 11.0. The van der Waals surface area contributed by atoms with Gasteiger partial charge in [-0.25, -0.2) is 0 Å². The average molecular weight is 234 g/mol. The van der Waals surface area contributed by atoms with Crippen molar-refractivity contribution in [2.45, 2.75) is 11.8 Å². The number of carbonyl (C=O) groups excluding carboxylic acids is 1. The number of furan rings is 1. The van der Waals surface area contributed by atoms with Gasteiger partial charge in [0.05, 0.1) is 4.90 Å². The van der Waals surface area contributed by atoms with Crippen molar-refractivity contribution in [3.8, 4) is 0 Å². The van der Waals surface area contributed by atoms with Crippen molar-refractivity contribution in [3.05, 3.63) is 17.6 Å². The van der Waals surface area contributed by atoms with Crippen molar-refractivity contribution in [2.24, 2.45) is 0 Å². The number of aromatic carboxylic acids is 1. The van der Waals surface area contributed by atoms with Crippen molar-refractivity contribution in [1.82, 2.24) is 0 Å². The van der Waals surface area contributed by atoms with Crippen LogP contribution in [0.2, 0.25) is 0 Å². The third-order valence-electron chi connectivity index (χ3n) is 1.25. The average Bonchev–Trinajstić information content (AvgIpc) is 2.30. The van der Waals surface area contributed by atoms with Crippen molar-refractivity contribution in [3.63, 3.8) is 0 Å². The number of carbonyl (C=O) groups is 1. The molecule has 8 heteroatoms. The third kappa shape index (κ3) is 4.16. The minimum Gasteiger partial charge on any atom is -0.768 e. The summed E-state index contributed by atoms with van der Waals surface area (Å²) in [5, 5.41) is 10.2. The van der Waals surface area contributed by atoms with E-state index in [0.717, 1.165) is 6.07 Å². The SMILES string of the molecule is Cc1oc(C(=O)[O-])cc1S(=O)[O-].[Na+].[Na+]. The Kier molecular flexibility index (Phi) is 8.86. The standard InChI is InChI=1S/C6H6O5S.2Na/c1-3-5(12(9)10)2-4(11-3)6(7)8;;/h2H,1H3,(H,7,8)(H,9,10);;/q;2*+1/p-2. The fraction of sp³-hybridized carbons (Fsp3) is 0.167. The quantitative estimate of drug-likeness (QED) is 0.374. The summed E-state index contributed by atoms with van der Waals surface area (Å²) in [4.78, 5) is 10.0. The van der Waals surface area contributed by atoms with E-state index in [1.54, 1.807) is 0 Å². The van der Waals surface area contributed by atoms with Crippen LogP contribution in [0.5, 0.6) is 0 Å². The van der Waals surface area contributed by atoms with Crippen LogP contribution in [-0.4, -0.2) is 14.7 Å². The molecule has 0 aliphatic heterocycles. The number of hydrogen-bond donors (Lipinski definition) is 0. The minimum atomic E-state index is -2.47. The zero-order chi connectivity index (χ0) is 9.30. The van der Waals surface area contributed by atoms with E-state index in [1.165, 1.54) is 6.92 Å². The van der Waals surface area contributed by atoms with Gasteiger partial charge < -0.3 is 18.9 Å². The van der Waals surface area contributed by atoms with Crippen LogP contribution in [0.25, 0.3) is 0 Å². The summed E-state index contributed by atoms with van der Waals surface area (Å²) in [6.45, 7) is 1.36. The number of aryl methyl sites for hydroxylation is 1. The summed E-state index contributed by atoms with van der Waals surface area (Å²) in [5.74, 6) is -1.97. The van der Waals surface area contributed by atoms with Gasteiger partial charge in [-0.3, -0.25) is 4.21 Å². The summed E-state index contributed by atoms with van der Waals surface area (Å²) in [6.07, 6.45) is 0. The van der Waals surface area contributed by atoms with Gasteiger partial charge in [-0.1, -0.05) is 0 Å². The van der Waals surface area contributed by atoms with E-state index in [0.29, 0.717) is 0 Å². The topological polar surface area (TPSA) is 93.4 Å². The summed E-state index contributed by atoms with van der Waals surface area (Å²) < 4.78 is 25.4. The fourth-order valence-electron chi connectivity index (χ4n) is 0.731. The number of carboxylic acids is 1. The van der Waals surface area contributed by atoms with Crippen molar-refractivity contribution >= 4 is 17.0 Å². The molecule has 0 aliphatic rings. The molecule has 1 aromatic heterocycles. The van der Waals surface area contributed by atoms with Gasteiger partial charge in [-0.2, -0.15) is 0 Å². The molecular weight excluding hydrogens is 230 g/mol. The monoisotopic (exact) mass is 234 g/mol. The Morgan fingerprint density at radius 1 is 1.50 bits per heavy atom. The first-order valence-electron chi connectivity index (χ1n) is 2.93. The number of hydrogen-bond acceptors (Lipinski definition) is 5. The molecule has 0 bridgehead atoms. The first-order valence-corrected chi connectivity index (χ1v) is 4.01. The van der Waals surface area contributed by atoms with E-state index in [2.05, 4.69) is 4.42 Å². The van der Waals surface area contributed by atoms with Crippen molar-refractivity contribution < 1.29 is 82.2 Å². The molecule has 66 valence electrons. The maximum absolute atomic E-state index is 10.4. The molecular formula is C6H4Na2O5S. The Labute approximate surface area is 127 Å². The Bertz CT molecular complexity index is 348. The molecule has 0 amide bonds. The van der Waals surface area contributed by atoms with Gasteiger partial charge in [0, 0.05) is 6.07 Å². The molecule has 1 heterocycles. The van der Waals surface area contributed by atoms with E-state index in [-0.39, 0.29) is 69.8 Å². The van der Waals surface area contributed by atoms with Crippen LogP contribution in [0.4, 0.5) is 0 Å². The van der Waals surface area contributed by atoms with Crippen molar-refractivity contribution in [1.29, 1.82) is 0 Å². The smallest absolute Gasteiger partial charge is 0.768 e. The first kappa shape index (κ1) is 17.3. The van der Waals surface area contributed by atoms with Gasteiger partial charge in [0.25, 0.3) is 0 Å². The molecule has 0 aliphatic carbocycles. The Morgan fingerprint density at radius 2 is 2.00 bits per heavy atom. The van der Waals surface area contributed by atoms with Crippen LogP contribution >= 0.6 is 0 Å². The van der Waals surface area contributed by atoms with Crippen molar-refractivity contribution in [2.75, 3.05) is 0 Å². The summed E-state index contributed by atoms with van der Waals surface area (Å²) in [6, 6.07) is 0.910. The molecule has 0 radical (unpaired) electrons. The maximum Gasteiger partial charge on any atom is 1.00 e. The maximum atomic E-state index is 10.4. The molecule has 1 unspecified atom stereocenters. The first-order chi connectivity index (χ1) is 5.52. The van der Waals surface area contributed by atoms with Crippen LogP contribution in [0.1, 0.15) is 16.3 Å². The molecule has 14 heavy (non-hydrogen) atoms. The van der Waals surface area contributed by atoms with Gasteiger partial charge in [0.2, 0.25) is 0 Å². The van der Waals surface area contributed by atoms with Crippen LogP contribution in [0.15, 0.2) is 15.4 Å². The van der Waals surface area contributed by atoms with Crippen LogP contribution in [0, 0.1) is 6.92 Å². The zero-order valence-electron chi connectivity index (χ0n) is 8.03. The fourth-order valence-corrected chi connectivity index (χ4v) is 1.21. The van der Waals surface area contributed by atoms with E-state index in [9.17, 15) is 18.7 Å². The largest absolute Gasteiger partial charge is 1.00 e. The molecule has 0 saturated carbocycles. The second kappa shape index (κ2) is 7.19. The predicted octanol–water partition coefficient (Wildman–Crippen LogP) is -6.80. The Hall–Kier alpha value is 0.860. The second-order valence-corrected chi connectivity index (χ2v) is 2.96. The number of carboxylic acid groups (broad SMARTS) is 1. The van der Waals surface area contributed by atoms with Gasteiger partial charge in [0.15, 0.2) is 5.76 Å². The van der Waals surface area contributed by atoms with Crippen LogP contribution in [-0.2, 0) is 11.1 Å². The van der Waals surface area contributed by atoms with E-state index < -0.39 is 22.8 Å². The van der Waals surface area contributed by atoms with Gasteiger partial charge in [-0.15, -0.1) is 0 Å². The van der Waals surface area contributed by atoms with E-state index >= 15 is 0 Å². The molecule has 0 fully saturated rings. The molecule has 0 N–H and O–H groups in total. The molecule has 0 saturated heterocycles. The summed E-state index contributed by atoms with van der Waals surface area (Å²) in [5.41, 5.74) is 0. The molecule has 1 aromatic rings. The summed E-state index contributed by atoms with van der Waals surface area (Å²) >= 11 is -2.47. The Morgan fingerprint density at radius 3 is 2.21 bits per heavy atom. The molecule has 1 atom stereocenters. The molecule has 0 spiro atoms. The molecule has 0 aromatic carbocycles.